The van der Waals surface area contributed by atoms with Gasteiger partial charge in [-0.15, -0.1) is 0 Å². The molecule has 0 rings (SSSR count). The molecule has 0 aliphatic rings. The first-order valence-electron chi connectivity index (χ1n) is 20.9. The zero-order chi connectivity index (χ0) is 31.4. The van der Waals surface area contributed by atoms with Crippen LogP contribution in [-0.4, -0.2) is 31.7 Å². The maximum absolute atomic E-state index is 2.47. The zero-order valence-electron chi connectivity index (χ0n) is 31.7. The van der Waals surface area contributed by atoms with E-state index >= 15 is 0 Å². The van der Waals surface area contributed by atoms with E-state index in [1.165, 1.54) is 249 Å². The quantitative estimate of drug-likeness (QED) is 0.0464. The highest BCUT2D eigenvalue weighted by atomic mass is 35.5. The molecule has 0 aromatic rings. The Hall–Kier alpha value is 0.250. The molecule has 0 aromatic heterocycles. The highest BCUT2D eigenvalue weighted by molar-refractivity contribution is 4.53. The molecular formula is C42H88ClN. The smallest absolute Gasteiger partial charge is 0.0782 e. The minimum atomic E-state index is 0. The van der Waals surface area contributed by atoms with Gasteiger partial charge in [-0.2, -0.15) is 0 Å². The van der Waals surface area contributed by atoms with Crippen molar-refractivity contribution in [1.29, 1.82) is 0 Å². The van der Waals surface area contributed by atoms with Crippen molar-refractivity contribution in [2.45, 2.75) is 245 Å². The Morgan fingerprint density at radius 2 is 0.364 bits per heavy atom. The van der Waals surface area contributed by atoms with Crippen molar-refractivity contribution in [3.8, 4) is 0 Å². The van der Waals surface area contributed by atoms with Crippen LogP contribution in [0.4, 0.5) is 0 Å². The molecule has 44 heavy (non-hydrogen) atoms. The summed E-state index contributed by atoms with van der Waals surface area (Å²) in [5.41, 5.74) is 0. The van der Waals surface area contributed by atoms with E-state index in [9.17, 15) is 0 Å². The maximum Gasteiger partial charge on any atom is 0.0782 e. The third-order valence-electron chi connectivity index (χ3n) is 10.2. The lowest BCUT2D eigenvalue weighted by molar-refractivity contribution is -0.890. The number of unbranched alkanes of at least 4 members (excludes halogenated alkanes) is 34. The second-order valence-corrected chi connectivity index (χ2v) is 15.4. The second kappa shape index (κ2) is 39.4. The van der Waals surface area contributed by atoms with Crippen LogP contribution in [0.2, 0.25) is 0 Å². The van der Waals surface area contributed by atoms with E-state index < -0.39 is 0 Å². The van der Waals surface area contributed by atoms with Crippen LogP contribution in [-0.2, 0) is 0 Å². The summed E-state index contributed by atoms with van der Waals surface area (Å²) in [7, 11) is 4.95. The van der Waals surface area contributed by atoms with Crippen LogP contribution >= 0.6 is 0 Å². The highest BCUT2D eigenvalue weighted by Gasteiger charge is 2.13. The number of hydrogen-bond acceptors (Lipinski definition) is 0. The molecule has 0 fully saturated rings. The van der Waals surface area contributed by atoms with Crippen molar-refractivity contribution in [3.63, 3.8) is 0 Å². The van der Waals surface area contributed by atoms with Crippen LogP contribution in [0.15, 0.2) is 0 Å². The monoisotopic (exact) mass is 642 g/mol. The summed E-state index contributed by atoms with van der Waals surface area (Å²) < 4.78 is 1.25. The summed E-state index contributed by atoms with van der Waals surface area (Å²) in [5.74, 6) is 0. The molecule has 0 saturated heterocycles. The molecule has 0 aromatic carbocycles. The molecule has 0 unspecified atom stereocenters. The molecule has 268 valence electrons. The largest absolute Gasteiger partial charge is 1.00 e. The van der Waals surface area contributed by atoms with Gasteiger partial charge >= 0.3 is 0 Å². The second-order valence-electron chi connectivity index (χ2n) is 15.4. The molecule has 0 aliphatic carbocycles. The molecule has 0 bridgehead atoms. The Bertz CT molecular complexity index is 490. The number of nitrogens with zero attached hydrogens (tertiary/aromatic N) is 1. The van der Waals surface area contributed by atoms with Crippen LogP contribution in [0, 0.1) is 0 Å². The summed E-state index contributed by atoms with van der Waals surface area (Å²) >= 11 is 0. The van der Waals surface area contributed by atoms with E-state index in [1.807, 2.05) is 0 Å². The summed E-state index contributed by atoms with van der Waals surface area (Å²) in [4.78, 5) is 0. The van der Waals surface area contributed by atoms with Crippen molar-refractivity contribution < 1.29 is 16.9 Å². The first-order chi connectivity index (χ1) is 21.1. The predicted octanol–water partition coefficient (Wildman–Crippen LogP) is 12.2. The van der Waals surface area contributed by atoms with Gasteiger partial charge in [-0.1, -0.05) is 219 Å². The summed E-state index contributed by atoms with van der Waals surface area (Å²) in [5, 5.41) is 0. The van der Waals surface area contributed by atoms with Gasteiger partial charge in [-0.25, -0.2) is 0 Å². The van der Waals surface area contributed by atoms with Gasteiger partial charge in [0.05, 0.1) is 27.2 Å². The molecular weight excluding hydrogens is 554 g/mol. The number of rotatable bonds is 38. The molecule has 0 heterocycles. The van der Waals surface area contributed by atoms with E-state index in [2.05, 4.69) is 27.9 Å². The van der Waals surface area contributed by atoms with Gasteiger partial charge in [0.1, 0.15) is 0 Å². The molecule has 0 aliphatic heterocycles. The summed E-state index contributed by atoms with van der Waals surface area (Å²) in [6, 6.07) is 0. The van der Waals surface area contributed by atoms with Gasteiger partial charge in [0.15, 0.2) is 0 Å². The topological polar surface area (TPSA) is 0 Å². The Morgan fingerprint density at radius 1 is 0.227 bits per heavy atom. The number of hydrogen-bond donors (Lipinski definition) is 0. The lowest BCUT2D eigenvalue weighted by Crippen LogP contribution is -3.00. The number of halogens is 1. The molecule has 2 heteroatoms. The van der Waals surface area contributed by atoms with Gasteiger partial charge in [0, 0.05) is 0 Å². The summed E-state index contributed by atoms with van der Waals surface area (Å²) in [6.07, 6.45) is 52.9. The van der Waals surface area contributed by atoms with Crippen molar-refractivity contribution in [2.24, 2.45) is 0 Å². The number of quaternary nitrogens is 1. The fraction of sp³-hybridized carbons (Fsp3) is 1.00. The van der Waals surface area contributed by atoms with Gasteiger partial charge < -0.3 is 16.9 Å². The molecule has 0 N–H and O–H groups in total. The van der Waals surface area contributed by atoms with E-state index in [-0.39, 0.29) is 12.4 Å². The lowest BCUT2D eigenvalue weighted by atomic mass is 10.0. The van der Waals surface area contributed by atoms with Crippen LogP contribution in [0.3, 0.4) is 0 Å². The van der Waals surface area contributed by atoms with E-state index in [0.717, 1.165) is 0 Å². The van der Waals surface area contributed by atoms with Crippen LogP contribution in [0.1, 0.15) is 245 Å². The molecule has 0 radical (unpaired) electrons. The van der Waals surface area contributed by atoms with E-state index in [4.69, 9.17) is 0 Å². The SMILES string of the molecule is CCCCCCCCCCCCCCCCCCCCCC[N+](C)(C)CCCCCCCCCCCCCCCCCC.[Cl-]. The third-order valence-corrected chi connectivity index (χ3v) is 10.2. The molecule has 1 nitrogen and oxygen atoms in total. The average Bonchev–Trinajstić information content (AvgIpc) is 3.00. The standard InChI is InChI=1S/C42H88N.ClH/c1-5-7-9-11-13-15-17-19-21-23-24-25-26-28-30-32-34-36-38-40-42-43(3,4)41-39-37-35-33-31-29-27-22-20-18-16-14-12-10-8-6-2;/h5-42H2,1-4H3;1H/q+1;/p-1. The Kier molecular flexibility index (Phi) is 41.6. The molecule has 0 atom stereocenters. The summed E-state index contributed by atoms with van der Waals surface area (Å²) in [6.45, 7) is 7.39. The van der Waals surface area contributed by atoms with Gasteiger partial charge in [0.25, 0.3) is 0 Å². The van der Waals surface area contributed by atoms with Gasteiger partial charge in [-0.3, -0.25) is 0 Å². The Labute approximate surface area is 288 Å². The van der Waals surface area contributed by atoms with Crippen LogP contribution in [0.25, 0.3) is 0 Å². The van der Waals surface area contributed by atoms with Crippen molar-refractivity contribution in [2.75, 3.05) is 27.2 Å². The van der Waals surface area contributed by atoms with E-state index in [0.29, 0.717) is 0 Å². The fourth-order valence-electron chi connectivity index (χ4n) is 6.99. The predicted molar refractivity (Wildman–Crippen MR) is 199 cm³/mol. The van der Waals surface area contributed by atoms with Gasteiger partial charge in [0.2, 0.25) is 0 Å². The average molecular weight is 643 g/mol. The molecule has 0 saturated carbocycles. The lowest BCUT2D eigenvalue weighted by Gasteiger charge is -2.30. The minimum Gasteiger partial charge on any atom is -1.00 e. The highest BCUT2D eigenvalue weighted by Crippen LogP contribution is 2.17. The van der Waals surface area contributed by atoms with E-state index in [1.54, 1.807) is 0 Å². The van der Waals surface area contributed by atoms with Gasteiger partial charge in [-0.05, 0) is 25.7 Å². The normalized spacial score (nSPS) is 11.7. The fourth-order valence-corrected chi connectivity index (χ4v) is 6.99. The third kappa shape index (κ3) is 40.3. The van der Waals surface area contributed by atoms with Crippen molar-refractivity contribution in [1.82, 2.24) is 0 Å². The van der Waals surface area contributed by atoms with Crippen molar-refractivity contribution >= 4 is 0 Å². The van der Waals surface area contributed by atoms with Crippen LogP contribution in [0.5, 0.6) is 0 Å². The Morgan fingerprint density at radius 3 is 0.523 bits per heavy atom. The first-order valence-corrected chi connectivity index (χ1v) is 20.9. The van der Waals surface area contributed by atoms with Crippen LogP contribution < -0.4 is 12.4 Å². The Balaban J connectivity index is 0. The molecule has 0 amide bonds. The first kappa shape index (κ1) is 46.4. The maximum atomic E-state index is 2.47. The minimum absolute atomic E-state index is 0. The molecule has 0 spiro atoms. The zero-order valence-corrected chi connectivity index (χ0v) is 32.5. The van der Waals surface area contributed by atoms with Crippen molar-refractivity contribution in [3.05, 3.63) is 0 Å².